The lowest BCUT2D eigenvalue weighted by atomic mass is 9.90. The van der Waals surface area contributed by atoms with E-state index in [1.165, 1.54) is 5.56 Å². The highest BCUT2D eigenvalue weighted by Gasteiger charge is 2.16. The van der Waals surface area contributed by atoms with Crippen LogP contribution < -0.4 is 4.74 Å². The van der Waals surface area contributed by atoms with Crippen molar-refractivity contribution in [3.05, 3.63) is 29.3 Å². The maximum atomic E-state index is 9.06. The minimum absolute atomic E-state index is 0.511. The van der Waals surface area contributed by atoms with Crippen molar-refractivity contribution in [2.75, 3.05) is 33.5 Å². The van der Waals surface area contributed by atoms with Gasteiger partial charge in [0.2, 0.25) is 0 Å². The summed E-state index contributed by atoms with van der Waals surface area (Å²) in [6, 6.07) is 5.97. The second-order valence-corrected chi connectivity index (χ2v) is 5.03. The van der Waals surface area contributed by atoms with Crippen molar-refractivity contribution in [2.24, 2.45) is 5.16 Å². The van der Waals surface area contributed by atoms with E-state index in [2.05, 4.69) is 11.2 Å². The van der Waals surface area contributed by atoms with Crippen LogP contribution in [0.25, 0.3) is 0 Å². The van der Waals surface area contributed by atoms with Gasteiger partial charge in [-0.05, 0) is 43.4 Å². The molecule has 1 aliphatic carbocycles. The highest BCUT2D eigenvalue weighted by molar-refractivity contribution is 6.02. The zero-order valence-electron chi connectivity index (χ0n) is 12.5. The number of fused-ring (bicyclic) bond motifs is 1. The standard InChI is InChI=1S/C16H23NO4/c1-19-8-3-9-20-10-11-21-14-7-6-13-4-2-5-16(17-18)15(13)12-14/h6-7,12,18H,2-5,8-11H2,1H3/b17-16-. The first kappa shape index (κ1) is 15.8. The number of hydrogen-bond acceptors (Lipinski definition) is 5. The third-order valence-corrected chi connectivity index (χ3v) is 3.51. The summed E-state index contributed by atoms with van der Waals surface area (Å²) in [5, 5.41) is 12.5. The molecule has 1 aromatic carbocycles. The molecule has 0 aliphatic heterocycles. The molecule has 0 atom stereocenters. The number of methoxy groups -OCH3 is 1. The Morgan fingerprint density at radius 2 is 2.05 bits per heavy atom. The van der Waals surface area contributed by atoms with Crippen LogP contribution in [-0.2, 0) is 15.9 Å². The van der Waals surface area contributed by atoms with Crippen LogP contribution in [-0.4, -0.2) is 44.5 Å². The lowest BCUT2D eigenvalue weighted by molar-refractivity contribution is 0.0806. The Labute approximate surface area is 125 Å². The quantitative estimate of drug-likeness (QED) is 0.455. The van der Waals surface area contributed by atoms with Crippen LogP contribution in [0.1, 0.15) is 30.4 Å². The van der Waals surface area contributed by atoms with Gasteiger partial charge in [-0.3, -0.25) is 0 Å². The number of hydrogen-bond donors (Lipinski definition) is 1. The molecule has 1 N–H and O–H groups in total. The molecule has 0 amide bonds. The number of ether oxygens (including phenoxy) is 3. The van der Waals surface area contributed by atoms with E-state index in [0.29, 0.717) is 19.8 Å². The van der Waals surface area contributed by atoms with Gasteiger partial charge in [0.25, 0.3) is 0 Å². The lowest BCUT2D eigenvalue weighted by Crippen LogP contribution is -2.13. The Hall–Kier alpha value is -1.59. The number of benzene rings is 1. The smallest absolute Gasteiger partial charge is 0.120 e. The molecule has 2 rings (SSSR count). The Balaban J connectivity index is 1.79. The van der Waals surface area contributed by atoms with Gasteiger partial charge >= 0.3 is 0 Å². The first-order valence-corrected chi connectivity index (χ1v) is 7.39. The second kappa shape index (κ2) is 8.64. The molecule has 0 fully saturated rings. The number of nitrogens with zero attached hydrogens (tertiary/aromatic N) is 1. The van der Waals surface area contributed by atoms with Gasteiger partial charge in [0.1, 0.15) is 12.4 Å². The van der Waals surface area contributed by atoms with E-state index < -0.39 is 0 Å². The Bertz CT molecular complexity index is 473. The van der Waals surface area contributed by atoms with E-state index >= 15 is 0 Å². The Morgan fingerprint density at radius 3 is 2.86 bits per heavy atom. The molecule has 0 bridgehead atoms. The van der Waals surface area contributed by atoms with Crippen molar-refractivity contribution < 1.29 is 19.4 Å². The van der Waals surface area contributed by atoms with Gasteiger partial charge in [-0.15, -0.1) is 0 Å². The zero-order valence-corrected chi connectivity index (χ0v) is 12.5. The Kier molecular flexibility index (Phi) is 6.50. The molecule has 0 radical (unpaired) electrons. The van der Waals surface area contributed by atoms with Gasteiger partial charge in [0.05, 0.1) is 12.3 Å². The first-order chi connectivity index (χ1) is 10.3. The molecule has 1 aliphatic rings. The fourth-order valence-corrected chi connectivity index (χ4v) is 2.44. The summed E-state index contributed by atoms with van der Waals surface area (Å²) < 4.78 is 16.1. The van der Waals surface area contributed by atoms with Crippen LogP contribution in [0.15, 0.2) is 23.4 Å². The van der Waals surface area contributed by atoms with Gasteiger partial charge in [0, 0.05) is 25.9 Å². The molecule has 116 valence electrons. The first-order valence-electron chi connectivity index (χ1n) is 7.39. The molecule has 5 nitrogen and oxygen atoms in total. The Morgan fingerprint density at radius 1 is 1.14 bits per heavy atom. The largest absolute Gasteiger partial charge is 0.491 e. The van der Waals surface area contributed by atoms with Crippen molar-refractivity contribution in [1.82, 2.24) is 0 Å². The number of rotatable bonds is 8. The van der Waals surface area contributed by atoms with E-state index in [4.69, 9.17) is 19.4 Å². The van der Waals surface area contributed by atoms with Gasteiger partial charge < -0.3 is 19.4 Å². The third-order valence-electron chi connectivity index (χ3n) is 3.51. The van der Waals surface area contributed by atoms with Crippen LogP contribution in [0.2, 0.25) is 0 Å². The van der Waals surface area contributed by atoms with Crippen LogP contribution in [0.5, 0.6) is 5.75 Å². The van der Waals surface area contributed by atoms with E-state index in [1.54, 1.807) is 7.11 Å². The maximum Gasteiger partial charge on any atom is 0.120 e. The summed E-state index contributed by atoms with van der Waals surface area (Å²) in [5.41, 5.74) is 2.97. The third kappa shape index (κ3) is 4.72. The van der Waals surface area contributed by atoms with Gasteiger partial charge in [0.15, 0.2) is 0 Å². The minimum Gasteiger partial charge on any atom is -0.491 e. The highest BCUT2D eigenvalue weighted by Crippen LogP contribution is 2.25. The molecular weight excluding hydrogens is 270 g/mol. The predicted molar refractivity (Wildman–Crippen MR) is 80.5 cm³/mol. The summed E-state index contributed by atoms with van der Waals surface area (Å²) in [7, 11) is 1.68. The molecule has 0 saturated heterocycles. The predicted octanol–water partition coefficient (Wildman–Crippen LogP) is 2.63. The van der Waals surface area contributed by atoms with Gasteiger partial charge in [-0.1, -0.05) is 11.2 Å². The maximum absolute atomic E-state index is 9.06. The topological polar surface area (TPSA) is 60.3 Å². The molecule has 21 heavy (non-hydrogen) atoms. The number of aryl methyl sites for hydroxylation is 1. The summed E-state index contributed by atoms with van der Waals surface area (Å²) >= 11 is 0. The van der Waals surface area contributed by atoms with Gasteiger partial charge in [-0.2, -0.15) is 0 Å². The van der Waals surface area contributed by atoms with Crippen LogP contribution in [0, 0.1) is 0 Å². The normalized spacial score (nSPS) is 16.0. The fourth-order valence-electron chi connectivity index (χ4n) is 2.44. The molecule has 0 unspecified atom stereocenters. The molecule has 0 aromatic heterocycles. The summed E-state index contributed by atoms with van der Waals surface area (Å²) in [6.45, 7) is 2.47. The van der Waals surface area contributed by atoms with Gasteiger partial charge in [-0.25, -0.2) is 0 Å². The number of oxime groups is 1. The molecule has 5 heteroatoms. The lowest BCUT2D eigenvalue weighted by Gasteiger charge is -2.18. The van der Waals surface area contributed by atoms with Crippen molar-refractivity contribution in [1.29, 1.82) is 0 Å². The summed E-state index contributed by atoms with van der Waals surface area (Å²) in [4.78, 5) is 0. The van der Waals surface area contributed by atoms with Crippen molar-refractivity contribution in [2.45, 2.75) is 25.7 Å². The average Bonchev–Trinajstić information content (AvgIpc) is 2.53. The van der Waals surface area contributed by atoms with E-state index in [9.17, 15) is 0 Å². The minimum atomic E-state index is 0.511. The highest BCUT2D eigenvalue weighted by atomic mass is 16.5. The van der Waals surface area contributed by atoms with Crippen molar-refractivity contribution in [3.8, 4) is 5.75 Å². The van der Waals surface area contributed by atoms with Crippen molar-refractivity contribution >= 4 is 5.71 Å². The monoisotopic (exact) mass is 293 g/mol. The second-order valence-electron chi connectivity index (χ2n) is 5.03. The molecule has 0 heterocycles. The molecule has 1 aromatic rings. The van der Waals surface area contributed by atoms with Crippen LogP contribution in [0.4, 0.5) is 0 Å². The van der Waals surface area contributed by atoms with Crippen molar-refractivity contribution in [3.63, 3.8) is 0 Å². The SMILES string of the molecule is COCCCOCCOc1ccc2c(c1)/C(=N\O)CCC2. The molecule has 0 saturated carbocycles. The van der Waals surface area contributed by atoms with Crippen LogP contribution in [0.3, 0.4) is 0 Å². The zero-order chi connectivity index (χ0) is 14.9. The summed E-state index contributed by atoms with van der Waals surface area (Å²) in [5.74, 6) is 0.789. The molecule has 0 spiro atoms. The van der Waals surface area contributed by atoms with E-state index in [-0.39, 0.29) is 0 Å². The summed E-state index contributed by atoms with van der Waals surface area (Å²) in [6.07, 6.45) is 3.76. The van der Waals surface area contributed by atoms with Crippen LogP contribution >= 0.6 is 0 Å². The average molecular weight is 293 g/mol. The van der Waals surface area contributed by atoms with E-state index in [0.717, 1.165) is 49.3 Å². The van der Waals surface area contributed by atoms with E-state index in [1.807, 2.05) is 12.1 Å². The fraction of sp³-hybridized carbons (Fsp3) is 0.562. The molecular formula is C16H23NO4.